The predicted octanol–water partition coefficient (Wildman–Crippen LogP) is 2.32. The van der Waals surface area contributed by atoms with Crippen LogP contribution in [0.2, 0.25) is 0 Å². The van der Waals surface area contributed by atoms with Crippen molar-refractivity contribution >= 4 is 5.91 Å². The largest absolute Gasteiger partial charge is 0.353 e. The lowest BCUT2D eigenvalue weighted by Crippen LogP contribution is -2.52. The van der Waals surface area contributed by atoms with E-state index < -0.39 is 0 Å². The molecule has 1 amide bonds. The summed E-state index contributed by atoms with van der Waals surface area (Å²) in [6.07, 6.45) is 5.75. The van der Waals surface area contributed by atoms with Gasteiger partial charge in [-0.1, -0.05) is 13.8 Å². The zero-order valence-corrected chi connectivity index (χ0v) is 12.1. The second-order valence-corrected chi connectivity index (χ2v) is 6.93. The van der Waals surface area contributed by atoms with Gasteiger partial charge in [-0.2, -0.15) is 0 Å². The van der Waals surface area contributed by atoms with Crippen LogP contribution in [0.4, 0.5) is 0 Å². The molecule has 0 aromatic rings. The molecule has 0 aromatic carbocycles. The van der Waals surface area contributed by atoms with E-state index in [9.17, 15) is 4.79 Å². The molecule has 18 heavy (non-hydrogen) atoms. The summed E-state index contributed by atoms with van der Waals surface area (Å²) in [7, 11) is 0. The molecule has 0 spiro atoms. The van der Waals surface area contributed by atoms with Crippen molar-refractivity contribution in [2.45, 2.75) is 58.9 Å². The van der Waals surface area contributed by atoms with Crippen molar-refractivity contribution in [1.29, 1.82) is 0 Å². The Bertz CT molecular complexity index is 287. The van der Waals surface area contributed by atoms with Gasteiger partial charge >= 0.3 is 0 Å². The standard InChI is InChI=1S/C15H28N2O/c1-11-7-12(2)9-13(8-11)17-14(18)15(3)5-4-6-16-10-15/h11-13,16H,4-10H2,1-3H3,(H,17,18). The van der Waals surface area contributed by atoms with Gasteiger partial charge in [0.05, 0.1) is 5.41 Å². The lowest BCUT2D eigenvalue weighted by atomic mass is 9.78. The molecule has 3 atom stereocenters. The fourth-order valence-corrected chi connectivity index (χ4v) is 3.67. The minimum atomic E-state index is -0.192. The Balaban J connectivity index is 1.90. The van der Waals surface area contributed by atoms with Crippen molar-refractivity contribution in [1.82, 2.24) is 10.6 Å². The van der Waals surface area contributed by atoms with Gasteiger partial charge in [0.2, 0.25) is 5.91 Å². The SMILES string of the molecule is CC1CC(C)CC(NC(=O)C2(C)CCCNC2)C1. The molecular weight excluding hydrogens is 224 g/mol. The molecular formula is C15H28N2O. The van der Waals surface area contributed by atoms with Crippen LogP contribution in [0.5, 0.6) is 0 Å². The first-order valence-corrected chi connectivity index (χ1v) is 7.51. The third-order valence-corrected chi connectivity index (χ3v) is 4.66. The topological polar surface area (TPSA) is 41.1 Å². The van der Waals surface area contributed by atoms with Gasteiger partial charge in [-0.15, -0.1) is 0 Å². The minimum Gasteiger partial charge on any atom is -0.353 e. The number of hydrogen-bond acceptors (Lipinski definition) is 2. The molecule has 3 unspecified atom stereocenters. The first-order valence-electron chi connectivity index (χ1n) is 7.51. The Morgan fingerprint density at radius 2 is 1.89 bits per heavy atom. The van der Waals surface area contributed by atoms with Gasteiger partial charge in [-0.3, -0.25) is 4.79 Å². The number of carbonyl (C=O) groups excluding carboxylic acids is 1. The highest BCUT2D eigenvalue weighted by atomic mass is 16.2. The summed E-state index contributed by atoms with van der Waals surface area (Å²) in [5.74, 6) is 1.76. The van der Waals surface area contributed by atoms with E-state index >= 15 is 0 Å². The van der Waals surface area contributed by atoms with Crippen molar-refractivity contribution in [2.24, 2.45) is 17.3 Å². The maximum absolute atomic E-state index is 12.5. The van der Waals surface area contributed by atoms with E-state index in [-0.39, 0.29) is 11.3 Å². The van der Waals surface area contributed by atoms with Gasteiger partial charge in [0.25, 0.3) is 0 Å². The number of rotatable bonds is 2. The van der Waals surface area contributed by atoms with E-state index in [1.165, 1.54) is 6.42 Å². The zero-order chi connectivity index (χ0) is 13.2. The van der Waals surface area contributed by atoms with Gasteiger partial charge in [-0.25, -0.2) is 0 Å². The van der Waals surface area contributed by atoms with E-state index in [4.69, 9.17) is 0 Å². The molecule has 0 aromatic heterocycles. The molecule has 3 nitrogen and oxygen atoms in total. The molecule has 104 valence electrons. The molecule has 1 saturated heterocycles. The van der Waals surface area contributed by atoms with Crippen LogP contribution >= 0.6 is 0 Å². The Hall–Kier alpha value is -0.570. The molecule has 2 fully saturated rings. The average Bonchev–Trinajstić information content (AvgIpc) is 2.28. The molecule has 0 radical (unpaired) electrons. The zero-order valence-electron chi connectivity index (χ0n) is 12.1. The van der Waals surface area contributed by atoms with E-state index in [2.05, 4.69) is 31.4 Å². The van der Waals surface area contributed by atoms with E-state index in [0.717, 1.165) is 50.6 Å². The van der Waals surface area contributed by atoms with Gasteiger partial charge in [-0.05, 0) is 57.4 Å². The summed E-state index contributed by atoms with van der Waals surface area (Å²) < 4.78 is 0. The number of carbonyl (C=O) groups is 1. The van der Waals surface area contributed by atoms with Crippen LogP contribution in [0.25, 0.3) is 0 Å². The van der Waals surface area contributed by atoms with Gasteiger partial charge in [0, 0.05) is 12.6 Å². The van der Waals surface area contributed by atoms with Gasteiger partial charge in [0.15, 0.2) is 0 Å². The Morgan fingerprint density at radius 1 is 1.22 bits per heavy atom. The Morgan fingerprint density at radius 3 is 2.44 bits per heavy atom. The third kappa shape index (κ3) is 3.25. The van der Waals surface area contributed by atoms with Crippen molar-refractivity contribution in [3.8, 4) is 0 Å². The van der Waals surface area contributed by atoms with Crippen LogP contribution < -0.4 is 10.6 Å². The van der Waals surface area contributed by atoms with Crippen molar-refractivity contribution in [2.75, 3.05) is 13.1 Å². The number of piperidine rings is 1. The monoisotopic (exact) mass is 252 g/mol. The third-order valence-electron chi connectivity index (χ3n) is 4.66. The highest BCUT2D eigenvalue weighted by molar-refractivity contribution is 5.82. The molecule has 2 N–H and O–H groups in total. The van der Waals surface area contributed by atoms with E-state index in [1.54, 1.807) is 0 Å². The minimum absolute atomic E-state index is 0.192. The summed E-state index contributed by atoms with van der Waals surface area (Å²) >= 11 is 0. The normalized spacial score (nSPS) is 41.4. The van der Waals surface area contributed by atoms with Crippen molar-refractivity contribution < 1.29 is 4.79 Å². The van der Waals surface area contributed by atoms with Crippen LogP contribution in [0, 0.1) is 17.3 Å². The van der Waals surface area contributed by atoms with Gasteiger partial charge in [0.1, 0.15) is 0 Å². The second-order valence-electron chi connectivity index (χ2n) is 6.93. The number of hydrogen-bond donors (Lipinski definition) is 2. The second kappa shape index (κ2) is 5.60. The molecule has 1 aliphatic carbocycles. The fourth-order valence-electron chi connectivity index (χ4n) is 3.67. The molecule has 1 saturated carbocycles. The molecule has 1 aliphatic heterocycles. The molecule has 1 heterocycles. The van der Waals surface area contributed by atoms with Crippen molar-refractivity contribution in [3.63, 3.8) is 0 Å². The molecule has 3 heteroatoms. The summed E-state index contributed by atoms with van der Waals surface area (Å²) in [6.45, 7) is 8.60. The smallest absolute Gasteiger partial charge is 0.227 e. The van der Waals surface area contributed by atoms with Crippen LogP contribution in [-0.4, -0.2) is 25.0 Å². The Kier molecular flexibility index (Phi) is 4.31. The van der Waals surface area contributed by atoms with E-state index in [0.29, 0.717) is 6.04 Å². The first kappa shape index (κ1) is 13.9. The lowest BCUT2D eigenvalue weighted by molar-refractivity contribution is -0.132. The van der Waals surface area contributed by atoms with Crippen LogP contribution in [0.3, 0.4) is 0 Å². The highest BCUT2D eigenvalue weighted by Crippen LogP contribution is 2.30. The average molecular weight is 252 g/mol. The maximum atomic E-state index is 12.5. The maximum Gasteiger partial charge on any atom is 0.227 e. The van der Waals surface area contributed by atoms with Crippen LogP contribution in [0.1, 0.15) is 52.9 Å². The van der Waals surface area contributed by atoms with Crippen LogP contribution in [0.15, 0.2) is 0 Å². The van der Waals surface area contributed by atoms with E-state index in [1.807, 2.05) is 0 Å². The summed E-state index contributed by atoms with van der Waals surface area (Å²) in [5, 5.41) is 6.66. The molecule has 2 rings (SSSR count). The molecule has 2 aliphatic rings. The highest BCUT2D eigenvalue weighted by Gasteiger charge is 2.36. The van der Waals surface area contributed by atoms with Gasteiger partial charge < -0.3 is 10.6 Å². The summed E-state index contributed by atoms with van der Waals surface area (Å²) in [6, 6.07) is 0.398. The number of nitrogens with one attached hydrogen (secondary N) is 2. The summed E-state index contributed by atoms with van der Waals surface area (Å²) in [5.41, 5.74) is -0.192. The first-order chi connectivity index (χ1) is 8.49. The van der Waals surface area contributed by atoms with Crippen molar-refractivity contribution in [3.05, 3.63) is 0 Å². The van der Waals surface area contributed by atoms with Crippen LogP contribution in [-0.2, 0) is 4.79 Å². The quantitative estimate of drug-likeness (QED) is 0.792. The molecule has 0 bridgehead atoms. The lowest BCUT2D eigenvalue weighted by Gasteiger charge is -2.37. The summed E-state index contributed by atoms with van der Waals surface area (Å²) in [4.78, 5) is 12.5. The number of amides is 1. The Labute approximate surface area is 111 Å². The fraction of sp³-hybridized carbons (Fsp3) is 0.933. The predicted molar refractivity (Wildman–Crippen MR) is 74.3 cm³/mol.